The number of nitrogens with one attached hydrogen (secondary N) is 1. The predicted molar refractivity (Wildman–Crippen MR) is 67.3 cm³/mol. The van der Waals surface area contributed by atoms with Crippen molar-refractivity contribution < 1.29 is 5.11 Å². The molecule has 2 unspecified atom stereocenters. The number of aliphatic hydroxyl groups excluding tert-OH is 1. The van der Waals surface area contributed by atoms with Gasteiger partial charge < -0.3 is 15.7 Å². The number of aliphatic hydroxyl groups is 1. The van der Waals surface area contributed by atoms with Crippen LogP contribution in [0.2, 0.25) is 0 Å². The molecule has 0 spiro atoms. The SMILES string of the molecule is CC(O)C1CCN(c2cc(C(=N)N)ccn2)C1. The minimum absolute atomic E-state index is 0.0555. The zero-order valence-corrected chi connectivity index (χ0v) is 9.93. The van der Waals surface area contributed by atoms with Crippen LogP contribution in [0.3, 0.4) is 0 Å². The number of rotatable bonds is 3. The highest BCUT2D eigenvalue weighted by Gasteiger charge is 2.26. The van der Waals surface area contributed by atoms with E-state index in [-0.39, 0.29) is 11.9 Å². The maximum Gasteiger partial charge on any atom is 0.129 e. The van der Waals surface area contributed by atoms with Gasteiger partial charge in [0.05, 0.1) is 6.10 Å². The van der Waals surface area contributed by atoms with E-state index in [1.807, 2.05) is 13.0 Å². The standard InChI is InChI=1S/C12H18N4O/c1-8(17)10-3-5-16(7-10)11-6-9(12(13)14)2-4-15-11/h2,4,6,8,10,17H,3,5,7H2,1H3,(H3,13,14). The van der Waals surface area contributed by atoms with Crippen molar-refractivity contribution in [2.24, 2.45) is 11.7 Å². The average Bonchev–Trinajstić information content (AvgIpc) is 2.78. The Balaban J connectivity index is 2.13. The topological polar surface area (TPSA) is 86.2 Å². The van der Waals surface area contributed by atoms with E-state index in [9.17, 15) is 5.11 Å². The molecule has 1 fully saturated rings. The zero-order chi connectivity index (χ0) is 12.4. The second-order valence-electron chi connectivity index (χ2n) is 4.55. The molecule has 1 saturated heterocycles. The molecule has 92 valence electrons. The molecule has 2 atom stereocenters. The molecule has 1 aromatic rings. The summed E-state index contributed by atoms with van der Waals surface area (Å²) in [6, 6.07) is 3.56. The Morgan fingerprint density at radius 3 is 3.06 bits per heavy atom. The summed E-state index contributed by atoms with van der Waals surface area (Å²) in [5, 5.41) is 17.0. The van der Waals surface area contributed by atoms with Gasteiger partial charge in [-0.05, 0) is 25.5 Å². The molecule has 1 aromatic heterocycles. The first-order valence-electron chi connectivity index (χ1n) is 5.81. The number of hydrogen-bond donors (Lipinski definition) is 3. The number of nitrogens with zero attached hydrogens (tertiary/aromatic N) is 2. The van der Waals surface area contributed by atoms with Crippen LogP contribution in [-0.4, -0.2) is 35.1 Å². The lowest BCUT2D eigenvalue weighted by molar-refractivity contribution is 0.136. The van der Waals surface area contributed by atoms with Crippen molar-refractivity contribution >= 4 is 11.7 Å². The first-order valence-corrected chi connectivity index (χ1v) is 5.81. The van der Waals surface area contributed by atoms with E-state index in [1.165, 1.54) is 0 Å². The van der Waals surface area contributed by atoms with E-state index in [0.717, 1.165) is 25.3 Å². The Labute approximate surface area is 101 Å². The van der Waals surface area contributed by atoms with E-state index in [0.29, 0.717) is 11.5 Å². The smallest absolute Gasteiger partial charge is 0.129 e. The van der Waals surface area contributed by atoms with Crippen LogP contribution in [-0.2, 0) is 0 Å². The average molecular weight is 234 g/mol. The van der Waals surface area contributed by atoms with Crippen molar-refractivity contribution in [1.29, 1.82) is 5.41 Å². The second-order valence-corrected chi connectivity index (χ2v) is 4.55. The number of amidine groups is 1. The summed E-state index contributed by atoms with van der Waals surface area (Å²) in [4.78, 5) is 6.42. The summed E-state index contributed by atoms with van der Waals surface area (Å²) in [5.74, 6) is 1.19. The molecule has 0 radical (unpaired) electrons. The van der Waals surface area contributed by atoms with E-state index in [4.69, 9.17) is 11.1 Å². The van der Waals surface area contributed by atoms with Gasteiger partial charge in [-0.3, -0.25) is 5.41 Å². The van der Waals surface area contributed by atoms with Crippen LogP contribution in [0, 0.1) is 11.3 Å². The number of aromatic nitrogens is 1. The number of nitrogen functional groups attached to an aromatic ring is 1. The lowest BCUT2D eigenvalue weighted by Crippen LogP contribution is -2.25. The molecular formula is C12H18N4O. The Kier molecular flexibility index (Phi) is 3.28. The number of anilines is 1. The summed E-state index contributed by atoms with van der Waals surface area (Å²) >= 11 is 0. The Bertz CT molecular complexity index is 419. The molecule has 0 saturated carbocycles. The monoisotopic (exact) mass is 234 g/mol. The molecule has 0 bridgehead atoms. The van der Waals surface area contributed by atoms with Crippen molar-refractivity contribution in [2.75, 3.05) is 18.0 Å². The Hall–Kier alpha value is -1.62. The van der Waals surface area contributed by atoms with Crippen molar-refractivity contribution in [2.45, 2.75) is 19.4 Å². The maximum atomic E-state index is 9.56. The van der Waals surface area contributed by atoms with Gasteiger partial charge in [-0.25, -0.2) is 4.98 Å². The van der Waals surface area contributed by atoms with Gasteiger partial charge in [0.1, 0.15) is 11.7 Å². The molecule has 2 rings (SSSR count). The van der Waals surface area contributed by atoms with Gasteiger partial charge in [0.25, 0.3) is 0 Å². The number of hydrogen-bond acceptors (Lipinski definition) is 4. The van der Waals surface area contributed by atoms with Crippen LogP contribution >= 0.6 is 0 Å². The molecule has 2 heterocycles. The van der Waals surface area contributed by atoms with Gasteiger partial charge >= 0.3 is 0 Å². The van der Waals surface area contributed by atoms with Gasteiger partial charge in [0.15, 0.2) is 0 Å². The minimum Gasteiger partial charge on any atom is -0.393 e. The fraction of sp³-hybridized carbons (Fsp3) is 0.500. The maximum absolute atomic E-state index is 9.56. The summed E-state index contributed by atoms with van der Waals surface area (Å²) < 4.78 is 0. The third-order valence-electron chi connectivity index (χ3n) is 3.29. The van der Waals surface area contributed by atoms with Crippen LogP contribution in [0.5, 0.6) is 0 Å². The van der Waals surface area contributed by atoms with Gasteiger partial charge in [-0.1, -0.05) is 0 Å². The molecule has 0 amide bonds. The molecule has 0 aromatic carbocycles. The highest BCUT2D eigenvalue weighted by Crippen LogP contribution is 2.24. The highest BCUT2D eigenvalue weighted by atomic mass is 16.3. The largest absolute Gasteiger partial charge is 0.393 e. The molecule has 1 aliphatic rings. The normalized spacial score (nSPS) is 21.5. The van der Waals surface area contributed by atoms with Crippen molar-refractivity contribution in [3.8, 4) is 0 Å². The van der Waals surface area contributed by atoms with E-state index < -0.39 is 0 Å². The summed E-state index contributed by atoms with van der Waals surface area (Å²) in [6.07, 6.45) is 2.36. The quantitative estimate of drug-likeness (QED) is 0.527. The van der Waals surface area contributed by atoms with Crippen LogP contribution < -0.4 is 10.6 Å². The van der Waals surface area contributed by atoms with Crippen LogP contribution in [0.15, 0.2) is 18.3 Å². The van der Waals surface area contributed by atoms with Crippen molar-refractivity contribution in [3.05, 3.63) is 23.9 Å². The highest BCUT2D eigenvalue weighted by molar-refractivity contribution is 5.95. The predicted octanol–water partition coefficient (Wildman–Crippen LogP) is 0.573. The third kappa shape index (κ3) is 2.55. The van der Waals surface area contributed by atoms with E-state index in [1.54, 1.807) is 12.3 Å². The lowest BCUT2D eigenvalue weighted by atomic mass is 10.0. The first kappa shape index (κ1) is 11.9. The molecule has 4 N–H and O–H groups in total. The lowest BCUT2D eigenvalue weighted by Gasteiger charge is -2.19. The number of pyridine rings is 1. The molecule has 5 nitrogen and oxygen atoms in total. The first-order chi connectivity index (χ1) is 8.08. The van der Waals surface area contributed by atoms with Gasteiger partial charge in [0.2, 0.25) is 0 Å². The molecular weight excluding hydrogens is 216 g/mol. The van der Waals surface area contributed by atoms with Crippen molar-refractivity contribution in [1.82, 2.24) is 4.98 Å². The zero-order valence-electron chi connectivity index (χ0n) is 9.93. The number of nitrogens with two attached hydrogens (primary N) is 1. The van der Waals surface area contributed by atoms with Gasteiger partial charge in [-0.2, -0.15) is 0 Å². The summed E-state index contributed by atoms with van der Waals surface area (Å²) in [6.45, 7) is 3.53. The van der Waals surface area contributed by atoms with E-state index in [2.05, 4.69) is 9.88 Å². The van der Waals surface area contributed by atoms with Gasteiger partial charge in [-0.15, -0.1) is 0 Å². The fourth-order valence-electron chi connectivity index (χ4n) is 2.15. The van der Waals surface area contributed by atoms with E-state index >= 15 is 0 Å². The van der Waals surface area contributed by atoms with Crippen molar-refractivity contribution in [3.63, 3.8) is 0 Å². The Morgan fingerprint density at radius 2 is 2.47 bits per heavy atom. The molecule has 5 heteroatoms. The van der Waals surface area contributed by atoms with Gasteiger partial charge in [0, 0.05) is 30.8 Å². The molecule has 1 aliphatic heterocycles. The van der Waals surface area contributed by atoms with Crippen LogP contribution in [0.25, 0.3) is 0 Å². The second kappa shape index (κ2) is 4.71. The minimum atomic E-state index is -0.281. The third-order valence-corrected chi connectivity index (χ3v) is 3.29. The summed E-state index contributed by atoms with van der Waals surface area (Å²) in [7, 11) is 0. The van der Waals surface area contributed by atoms with Crippen LogP contribution in [0.1, 0.15) is 18.9 Å². The van der Waals surface area contributed by atoms with Crippen LogP contribution in [0.4, 0.5) is 5.82 Å². The molecule has 17 heavy (non-hydrogen) atoms. The molecule has 0 aliphatic carbocycles. The summed E-state index contributed by atoms with van der Waals surface area (Å²) in [5.41, 5.74) is 6.14. The fourth-order valence-corrected chi connectivity index (χ4v) is 2.15. The Morgan fingerprint density at radius 1 is 1.71 bits per heavy atom.